The van der Waals surface area contributed by atoms with Gasteiger partial charge in [-0.15, -0.1) is 0 Å². The minimum Gasteiger partial charge on any atom is -0.373 e. The van der Waals surface area contributed by atoms with Gasteiger partial charge < -0.3 is 4.74 Å². The van der Waals surface area contributed by atoms with Crippen LogP contribution in [0.15, 0.2) is 12.3 Å². The van der Waals surface area contributed by atoms with Gasteiger partial charge in [0.25, 0.3) is 0 Å². The van der Waals surface area contributed by atoms with Gasteiger partial charge in [-0.1, -0.05) is 11.6 Å². The maximum absolute atomic E-state index is 12.3. The highest BCUT2D eigenvalue weighted by Crippen LogP contribution is 2.31. The van der Waals surface area contributed by atoms with Crippen molar-refractivity contribution in [2.75, 3.05) is 6.61 Å². The highest BCUT2D eigenvalue weighted by atomic mass is 35.5. The summed E-state index contributed by atoms with van der Waals surface area (Å²) in [5.41, 5.74) is -0.392. The van der Waals surface area contributed by atoms with E-state index in [1.807, 2.05) is 0 Å². The zero-order chi connectivity index (χ0) is 11.1. The minimum absolute atomic E-state index is 0.00668. The molecule has 0 amide bonds. The van der Waals surface area contributed by atoms with Gasteiger partial charge >= 0.3 is 6.18 Å². The number of ether oxygens (including phenoxy) is 1. The van der Waals surface area contributed by atoms with Gasteiger partial charge in [0, 0.05) is 12.6 Å². The largest absolute Gasteiger partial charge is 0.417 e. The van der Waals surface area contributed by atoms with E-state index in [0.717, 1.165) is 12.3 Å². The van der Waals surface area contributed by atoms with E-state index in [1.165, 1.54) is 0 Å². The molecule has 0 bridgehead atoms. The number of rotatable bonds is 2. The first kappa shape index (κ1) is 10.7. The number of hydrogen-bond acceptors (Lipinski definition) is 2. The minimum atomic E-state index is -4.38. The molecule has 1 atom stereocenters. The molecule has 6 heteroatoms. The Bertz CT molecular complexity index is 376. The number of aromatic nitrogens is 1. The molecule has 1 aromatic heterocycles. The Kier molecular flexibility index (Phi) is 2.60. The third-order valence-corrected chi connectivity index (χ3v) is 2.43. The number of epoxide rings is 1. The highest BCUT2D eigenvalue weighted by molar-refractivity contribution is 6.30. The second-order valence-corrected chi connectivity index (χ2v) is 3.69. The number of alkyl halides is 3. The van der Waals surface area contributed by atoms with Gasteiger partial charge in [0.2, 0.25) is 0 Å². The van der Waals surface area contributed by atoms with Crippen LogP contribution in [-0.4, -0.2) is 17.7 Å². The smallest absolute Gasteiger partial charge is 0.373 e. The molecule has 0 spiro atoms. The summed E-state index contributed by atoms with van der Waals surface area (Å²) < 4.78 is 41.9. The molecule has 0 radical (unpaired) electrons. The summed E-state index contributed by atoms with van der Waals surface area (Å²) in [5, 5.41) is 0.110. The summed E-state index contributed by atoms with van der Waals surface area (Å²) in [5.74, 6) is 0. The predicted molar refractivity (Wildman–Crippen MR) is 47.7 cm³/mol. The SMILES string of the molecule is FC(F)(F)c1cnc(Cl)c(CC2CO2)c1. The molecule has 2 heterocycles. The molecule has 1 unspecified atom stereocenters. The summed E-state index contributed by atoms with van der Waals surface area (Å²) in [6.07, 6.45) is -3.26. The van der Waals surface area contributed by atoms with Gasteiger partial charge in [-0.3, -0.25) is 0 Å². The Morgan fingerprint density at radius 3 is 2.73 bits per heavy atom. The lowest BCUT2D eigenvalue weighted by atomic mass is 10.1. The third kappa shape index (κ3) is 2.60. The van der Waals surface area contributed by atoms with Crippen molar-refractivity contribution >= 4 is 11.6 Å². The second-order valence-electron chi connectivity index (χ2n) is 3.33. The monoisotopic (exact) mass is 237 g/mol. The Morgan fingerprint density at radius 2 is 2.20 bits per heavy atom. The van der Waals surface area contributed by atoms with E-state index in [4.69, 9.17) is 16.3 Å². The van der Waals surface area contributed by atoms with Gasteiger partial charge in [-0.25, -0.2) is 4.98 Å². The van der Waals surface area contributed by atoms with Gasteiger partial charge in [-0.05, 0) is 11.6 Å². The Hall–Kier alpha value is -0.810. The molecular weight excluding hydrogens is 231 g/mol. The van der Waals surface area contributed by atoms with Crippen LogP contribution in [-0.2, 0) is 17.3 Å². The zero-order valence-corrected chi connectivity index (χ0v) is 8.27. The van der Waals surface area contributed by atoms with Crippen molar-refractivity contribution in [3.63, 3.8) is 0 Å². The fraction of sp³-hybridized carbons (Fsp3) is 0.444. The predicted octanol–water partition coefficient (Wildman–Crippen LogP) is 2.70. The average Bonchev–Trinajstić information content (AvgIpc) is 2.90. The maximum Gasteiger partial charge on any atom is 0.417 e. The van der Waals surface area contributed by atoms with Crippen LogP contribution in [0.5, 0.6) is 0 Å². The molecule has 0 aromatic carbocycles. The maximum atomic E-state index is 12.3. The number of pyridine rings is 1. The summed E-state index contributed by atoms with van der Waals surface area (Å²) >= 11 is 5.68. The standard InChI is InChI=1S/C9H7ClF3NO/c10-8-5(2-7-4-15-7)1-6(3-14-8)9(11,12)13/h1,3,7H,2,4H2. The summed E-state index contributed by atoms with van der Waals surface area (Å²) in [6, 6.07) is 1.02. The molecular formula is C9H7ClF3NO. The lowest BCUT2D eigenvalue weighted by molar-refractivity contribution is -0.137. The molecule has 0 saturated carbocycles. The van der Waals surface area contributed by atoms with Crippen molar-refractivity contribution in [2.24, 2.45) is 0 Å². The molecule has 1 saturated heterocycles. The van der Waals surface area contributed by atoms with Gasteiger partial charge in [0.1, 0.15) is 5.15 Å². The van der Waals surface area contributed by atoms with Crippen LogP contribution < -0.4 is 0 Å². The first-order valence-corrected chi connectivity index (χ1v) is 4.68. The average molecular weight is 238 g/mol. The number of halogens is 4. The van der Waals surface area contributed by atoms with E-state index >= 15 is 0 Å². The van der Waals surface area contributed by atoms with Crippen LogP contribution in [0.3, 0.4) is 0 Å². The quantitative estimate of drug-likeness (QED) is 0.584. The van der Waals surface area contributed by atoms with Crippen LogP contribution in [0.4, 0.5) is 13.2 Å². The van der Waals surface area contributed by atoms with Gasteiger partial charge in [-0.2, -0.15) is 13.2 Å². The first-order valence-electron chi connectivity index (χ1n) is 4.30. The molecule has 1 aliphatic heterocycles. The summed E-state index contributed by atoms with van der Waals surface area (Å²) in [6.45, 7) is 0.576. The molecule has 2 rings (SSSR count). The first-order chi connectivity index (χ1) is 6.97. The van der Waals surface area contributed by atoms with Crippen molar-refractivity contribution in [1.82, 2.24) is 4.98 Å². The van der Waals surface area contributed by atoms with Crippen molar-refractivity contribution in [1.29, 1.82) is 0 Å². The molecule has 2 nitrogen and oxygen atoms in total. The number of hydrogen-bond donors (Lipinski definition) is 0. The van der Waals surface area contributed by atoms with Crippen molar-refractivity contribution in [3.05, 3.63) is 28.5 Å². The molecule has 15 heavy (non-hydrogen) atoms. The normalized spacial score (nSPS) is 20.4. The lowest BCUT2D eigenvalue weighted by Crippen LogP contribution is -2.07. The van der Waals surface area contributed by atoms with Gasteiger partial charge in [0.15, 0.2) is 0 Å². The Balaban J connectivity index is 2.27. The van der Waals surface area contributed by atoms with Crippen LogP contribution >= 0.6 is 11.6 Å². The topological polar surface area (TPSA) is 25.4 Å². The second kappa shape index (κ2) is 3.64. The highest BCUT2D eigenvalue weighted by Gasteiger charge is 2.32. The van der Waals surface area contributed by atoms with E-state index in [1.54, 1.807) is 0 Å². The fourth-order valence-corrected chi connectivity index (χ4v) is 1.40. The molecule has 1 aromatic rings. The zero-order valence-electron chi connectivity index (χ0n) is 7.51. The summed E-state index contributed by atoms with van der Waals surface area (Å²) in [4.78, 5) is 3.52. The van der Waals surface area contributed by atoms with E-state index in [9.17, 15) is 13.2 Å². The molecule has 1 fully saturated rings. The van der Waals surface area contributed by atoms with Crippen LogP contribution in [0.25, 0.3) is 0 Å². The van der Waals surface area contributed by atoms with Crippen molar-refractivity contribution < 1.29 is 17.9 Å². The van der Waals surface area contributed by atoms with E-state index in [2.05, 4.69) is 4.98 Å². The van der Waals surface area contributed by atoms with Crippen molar-refractivity contribution in [2.45, 2.75) is 18.7 Å². The lowest BCUT2D eigenvalue weighted by Gasteiger charge is -2.08. The van der Waals surface area contributed by atoms with Crippen LogP contribution in [0, 0.1) is 0 Å². The Labute approximate surface area is 89.0 Å². The van der Waals surface area contributed by atoms with Gasteiger partial charge in [0.05, 0.1) is 18.3 Å². The molecule has 0 N–H and O–H groups in total. The summed E-state index contributed by atoms with van der Waals surface area (Å²) in [7, 11) is 0. The fourth-order valence-electron chi connectivity index (χ4n) is 1.22. The molecule has 1 aliphatic rings. The van der Waals surface area contributed by atoms with Crippen molar-refractivity contribution in [3.8, 4) is 0 Å². The van der Waals surface area contributed by atoms with Crippen LogP contribution in [0.2, 0.25) is 5.15 Å². The third-order valence-electron chi connectivity index (χ3n) is 2.09. The molecule has 82 valence electrons. The van der Waals surface area contributed by atoms with E-state index < -0.39 is 11.7 Å². The van der Waals surface area contributed by atoms with Crippen LogP contribution in [0.1, 0.15) is 11.1 Å². The van der Waals surface area contributed by atoms with E-state index in [-0.39, 0.29) is 11.3 Å². The van der Waals surface area contributed by atoms with E-state index in [0.29, 0.717) is 18.6 Å². The molecule has 0 aliphatic carbocycles. The Morgan fingerprint density at radius 1 is 1.53 bits per heavy atom. The number of nitrogens with zero attached hydrogens (tertiary/aromatic N) is 1.